The summed E-state index contributed by atoms with van der Waals surface area (Å²) in [5, 5.41) is 3.85. The van der Waals surface area contributed by atoms with Crippen molar-refractivity contribution in [2.75, 3.05) is 11.6 Å². The zero-order valence-electron chi connectivity index (χ0n) is 18.5. The van der Waals surface area contributed by atoms with Crippen LogP contribution in [-0.4, -0.2) is 24.2 Å². The van der Waals surface area contributed by atoms with Gasteiger partial charge in [0.15, 0.2) is 9.84 Å². The van der Waals surface area contributed by atoms with Gasteiger partial charge in [-0.05, 0) is 37.6 Å². The van der Waals surface area contributed by atoms with Gasteiger partial charge in [0.25, 0.3) is 5.56 Å². The summed E-state index contributed by atoms with van der Waals surface area (Å²) >= 11 is 0. The Morgan fingerprint density at radius 1 is 1.00 bits per heavy atom. The van der Waals surface area contributed by atoms with Gasteiger partial charge in [0.05, 0.1) is 27.5 Å². The minimum absolute atomic E-state index is 0.123. The fraction of sp³-hybridized carbons (Fsp3) is 0.200. The molecule has 32 heavy (non-hydrogen) atoms. The van der Waals surface area contributed by atoms with Crippen LogP contribution < -0.4 is 10.9 Å². The summed E-state index contributed by atoms with van der Waals surface area (Å²) < 4.78 is 26.0. The fourth-order valence-corrected chi connectivity index (χ4v) is 4.80. The smallest absolute Gasteiger partial charge is 0.261 e. The van der Waals surface area contributed by atoms with E-state index in [9.17, 15) is 13.2 Å². The van der Waals surface area contributed by atoms with E-state index in [1.807, 2.05) is 56.3 Å². The highest BCUT2D eigenvalue weighted by Crippen LogP contribution is 2.30. The molecule has 0 amide bonds. The molecule has 0 radical (unpaired) electrons. The van der Waals surface area contributed by atoms with Crippen LogP contribution in [0.25, 0.3) is 22.3 Å². The third-order valence-corrected chi connectivity index (χ3v) is 6.67. The van der Waals surface area contributed by atoms with Crippen LogP contribution >= 0.6 is 0 Å². The summed E-state index contributed by atoms with van der Waals surface area (Å²) in [4.78, 5) is 18.3. The molecule has 1 aromatic heterocycles. The number of nitrogens with one attached hydrogen (secondary N) is 1. The molecule has 0 aliphatic rings. The van der Waals surface area contributed by atoms with Gasteiger partial charge in [0, 0.05) is 24.4 Å². The molecule has 7 heteroatoms. The number of fused-ring (bicyclic) bond motifs is 1. The normalized spacial score (nSPS) is 12.6. The van der Waals surface area contributed by atoms with E-state index < -0.39 is 9.84 Å². The topological polar surface area (TPSA) is 81.1 Å². The van der Waals surface area contributed by atoms with Crippen molar-refractivity contribution in [1.29, 1.82) is 0 Å². The molecule has 0 aliphatic heterocycles. The first-order valence-corrected chi connectivity index (χ1v) is 12.2. The lowest BCUT2D eigenvalue weighted by Crippen LogP contribution is -2.22. The summed E-state index contributed by atoms with van der Waals surface area (Å²) in [6, 6.07) is 20.0. The van der Waals surface area contributed by atoms with E-state index in [2.05, 4.69) is 5.32 Å². The quantitative estimate of drug-likeness (QED) is 0.488. The van der Waals surface area contributed by atoms with Crippen molar-refractivity contribution in [2.45, 2.75) is 24.8 Å². The zero-order valence-corrected chi connectivity index (χ0v) is 19.3. The lowest BCUT2D eigenvalue weighted by Gasteiger charge is -2.20. The monoisotopic (exact) mass is 447 g/mol. The number of aryl methyl sites for hydroxylation is 1. The van der Waals surface area contributed by atoms with E-state index in [0.29, 0.717) is 22.4 Å². The number of hydrogen-bond donors (Lipinski definition) is 1. The predicted octanol–water partition coefficient (Wildman–Crippen LogP) is 4.49. The SMILES string of the molecule is Cc1cc(C(C)Nc2ccccc2S(C)(=O)=O)c2nc(-c3ccccc3)n(C)c(=O)c2c1. The predicted molar refractivity (Wildman–Crippen MR) is 129 cm³/mol. The first-order valence-electron chi connectivity index (χ1n) is 10.3. The number of rotatable bonds is 5. The Morgan fingerprint density at radius 2 is 1.66 bits per heavy atom. The molecule has 0 bridgehead atoms. The highest BCUT2D eigenvalue weighted by Gasteiger charge is 2.19. The standard InChI is InChI=1S/C25H25N3O3S/c1-16-14-19(17(2)26-21-12-8-9-13-22(21)32(4,30)31)23-20(15-16)25(29)28(3)24(27-23)18-10-6-5-7-11-18/h5-15,17,26H,1-4H3. The molecule has 0 fully saturated rings. The zero-order chi connectivity index (χ0) is 23.0. The average molecular weight is 448 g/mol. The van der Waals surface area contributed by atoms with Crippen molar-refractivity contribution in [1.82, 2.24) is 9.55 Å². The van der Waals surface area contributed by atoms with E-state index in [0.717, 1.165) is 16.7 Å². The van der Waals surface area contributed by atoms with Crippen molar-refractivity contribution in [3.8, 4) is 11.4 Å². The molecule has 4 aromatic rings. The van der Waals surface area contributed by atoms with Gasteiger partial charge < -0.3 is 5.32 Å². The second-order valence-corrected chi connectivity index (χ2v) is 10.0. The summed E-state index contributed by atoms with van der Waals surface area (Å²) in [5.41, 5.74) is 3.62. The van der Waals surface area contributed by atoms with Crippen LogP contribution in [0.4, 0.5) is 5.69 Å². The maximum Gasteiger partial charge on any atom is 0.261 e. The lowest BCUT2D eigenvalue weighted by molar-refractivity contribution is 0.602. The summed E-state index contributed by atoms with van der Waals surface area (Å²) in [6.45, 7) is 3.87. The third-order valence-electron chi connectivity index (χ3n) is 5.51. The van der Waals surface area contributed by atoms with Gasteiger partial charge in [-0.15, -0.1) is 0 Å². The van der Waals surface area contributed by atoms with E-state index in [1.54, 1.807) is 35.9 Å². The van der Waals surface area contributed by atoms with Crippen molar-refractivity contribution in [3.05, 3.63) is 88.2 Å². The summed E-state index contributed by atoms with van der Waals surface area (Å²) in [6.07, 6.45) is 1.19. The van der Waals surface area contributed by atoms with Crippen LogP contribution in [0.1, 0.15) is 24.1 Å². The van der Waals surface area contributed by atoms with Crippen LogP contribution in [0.15, 0.2) is 76.4 Å². The number of hydrogen-bond acceptors (Lipinski definition) is 5. The van der Waals surface area contributed by atoms with Gasteiger partial charge in [-0.2, -0.15) is 0 Å². The third kappa shape index (κ3) is 4.03. The number of sulfone groups is 1. The maximum absolute atomic E-state index is 13.2. The number of para-hydroxylation sites is 1. The molecule has 1 unspecified atom stereocenters. The number of benzene rings is 3. The van der Waals surface area contributed by atoms with Gasteiger partial charge in [0.2, 0.25) is 0 Å². The Kier molecular flexibility index (Phi) is 5.60. The summed E-state index contributed by atoms with van der Waals surface area (Å²) in [5.74, 6) is 0.580. The van der Waals surface area contributed by atoms with Crippen LogP contribution in [0.5, 0.6) is 0 Å². The van der Waals surface area contributed by atoms with Crippen LogP contribution in [0.2, 0.25) is 0 Å². The first kappa shape index (κ1) is 21.8. The Balaban J connectivity index is 1.90. The highest BCUT2D eigenvalue weighted by molar-refractivity contribution is 7.90. The Morgan fingerprint density at radius 3 is 2.34 bits per heavy atom. The van der Waals surface area contributed by atoms with Crippen LogP contribution in [0, 0.1) is 6.92 Å². The van der Waals surface area contributed by atoms with Gasteiger partial charge in [-0.1, -0.05) is 48.5 Å². The average Bonchev–Trinajstić information content (AvgIpc) is 2.76. The van der Waals surface area contributed by atoms with Crippen LogP contribution in [-0.2, 0) is 16.9 Å². The second kappa shape index (κ2) is 8.24. The number of aromatic nitrogens is 2. The molecule has 0 aliphatic carbocycles. The highest BCUT2D eigenvalue weighted by atomic mass is 32.2. The number of nitrogens with zero attached hydrogens (tertiary/aromatic N) is 2. The number of anilines is 1. The van der Waals surface area contributed by atoms with E-state index in [-0.39, 0.29) is 16.5 Å². The molecule has 1 N–H and O–H groups in total. The van der Waals surface area contributed by atoms with E-state index in [4.69, 9.17) is 4.98 Å². The maximum atomic E-state index is 13.2. The molecule has 0 saturated heterocycles. The lowest BCUT2D eigenvalue weighted by atomic mass is 10.0. The van der Waals surface area contributed by atoms with Gasteiger partial charge >= 0.3 is 0 Å². The molecule has 0 spiro atoms. The molecule has 1 heterocycles. The Hall–Kier alpha value is -3.45. The molecular formula is C25H25N3O3S. The molecule has 4 rings (SSSR count). The second-order valence-electron chi connectivity index (χ2n) is 8.05. The van der Waals surface area contributed by atoms with Crippen molar-refractivity contribution in [2.24, 2.45) is 7.05 Å². The molecule has 164 valence electrons. The minimum atomic E-state index is -3.40. The molecule has 1 atom stereocenters. The van der Waals surface area contributed by atoms with E-state index in [1.165, 1.54) is 6.26 Å². The van der Waals surface area contributed by atoms with Crippen molar-refractivity contribution >= 4 is 26.4 Å². The van der Waals surface area contributed by atoms with Gasteiger partial charge in [-0.25, -0.2) is 13.4 Å². The van der Waals surface area contributed by atoms with Gasteiger partial charge in [-0.3, -0.25) is 9.36 Å². The van der Waals surface area contributed by atoms with E-state index >= 15 is 0 Å². The molecular weight excluding hydrogens is 422 g/mol. The minimum Gasteiger partial charge on any atom is -0.377 e. The fourth-order valence-electron chi connectivity index (χ4n) is 3.95. The summed E-state index contributed by atoms with van der Waals surface area (Å²) in [7, 11) is -1.67. The largest absolute Gasteiger partial charge is 0.377 e. The van der Waals surface area contributed by atoms with Crippen LogP contribution in [0.3, 0.4) is 0 Å². The molecule has 0 saturated carbocycles. The van der Waals surface area contributed by atoms with Crippen molar-refractivity contribution < 1.29 is 8.42 Å². The van der Waals surface area contributed by atoms with Crippen molar-refractivity contribution in [3.63, 3.8) is 0 Å². The van der Waals surface area contributed by atoms with Gasteiger partial charge in [0.1, 0.15) is 5.82 Å². The molecule has 3 aromatic carbocycles. The first-order chi connectivity index (χ1) is 15.2. The molecule has 6 nitrogen and oxygen atoms in total. The Bertz CT molecular complexity index is 1480. The Labute approximate surface area is 187 Å².